The third kappa shape index (κ3) is 7.62. The number of rotatable bonds is 9. The molecule has 1 atom stereocenters. The molecule has 0 spiro atoms. The lowest BCUT2D eigenvalue weighted by molar-refractivity contribution is 0.0316. The van der Waals surface area contributed by atoms with Gasteiger partial charge in [0.1, 0.15) is 0 Å². The normalized spacial score (nSPS) is 12.3. The van der Waals surface area contributed by atoms with Crippen molar-refractivity contribution in [1.82, 2.24) is 0 Å². The van der Waals surface area contributed by atoms with Crippen LogP contribution in [0.4, 0.5) is 0 Å². The molecular weight excluding hydrogens is 304 g/mol. The first-order valence-corrected chi connectivity index (χ1v) is 8.77. The van der Waals surface area contributed by atoms with E-state index in [0.717, 1.165) is 19.3 Å². The van der Waals surface area contributed by atoms with Gasteiger partial charge in [-0.15, -0.1) is 0 Å². The highest BCUT2D eigenvalue weighted by molar-refractivity contribution is 5.93. The molecule has 4 heteroatoms. The molecule has 0 saturated heterocycles. The molecule has 134 valence electrons. The molecule has 0 bridgehead atoms. The van der Waals surface area contributed by atoms with Gasteiger partial charge < -0.3 is 9.47 Å². The number of esters is 2. The second-order valence-electron chi connectivity index (χ2n) is 7.11. The van der Waals surface area contributed by atoms with Crippen molar-refractivity contribution in [3.8, 4) is 0 Å². The van der Waals surface area contributed by atoms with Gasteiger partial charge in [0.15, 0.2) is 0 Å². The third-order valence-corrected chi connectivity index (χ3v) is 3.60. The average Bonchev–Trinajstić information content (AvgIpc) is 2.52. The molecule has 24 heavy (non-hydrogen) atoms. The molecule has 0 aliphatic carbocycles. The van der Waals surface area contributed by atoms with Crippen LogP contribution in [0.15, 0.2) is 24.3 Å². The van der Waals surface area contributed by atoms with Crippen LogP contribution in [-0.2, 0) is 9.47 Å². The van der Waals surface area contributed by atoms with Crippen LogP contribution in [0.25, 0.3) is 0 Å². The summed E-state index contributed by atoms with van der Waals surface area (Å²) >= 11 is 0. The molecule has 0 aliphatic rings. The summed E-state index contributed by atoms with van der Waals surface area (Å²) in [4.78, 5) is 24.0. The maximum absolute atomic E-state index is 12.1. The summed E-state index contributed by atoms with van der Waals surface area (Å²) in [6.45, 7) is 10.6. The molecule has 0 fully saturated rings. The van der Waals surface area contributed by atoms with E-state index in [-0.39, 0.29) is 18.0 Å². The summed E-state index contributed by atoms with van der Waals surface area (Å²) < 4.78 is 10.6. The maximum Gasteiger partial charge on any atom is 0.338 e. The average molecular weight is 334 g/mol. The minimum atomic E-state index is -0.370. The Morgan fingerprint density at radius 1 is 0.833 bits per heavy atom. The van der Waals surface area contributed by atoms with Crippen molar-refractivity contribution in [2.24, 2.45) is 11.8 Å². The number of hydrogen-bond donors (Lipinski definition) is 0. The zero-order chi connectivity index (χ0) is 18.1. The number of ether oxygens (including phenoxy) is 2. The first-order chi connectivity index (χ1) is 11.3. The summed E-state index contributed by atoms with van der Waals surface area (Å²) in [5.41, 5.74) is 0.892. The van der Waals surface area contributed by atoms with Crippen molar-refractivity contribution in [2.45, 2.75) is 60.0 Å². The number of hydrogen-bond acceptors (Lipinski definition) is 4. The predicted molar refractivity (Wildman–Crippen MR) is 95.1 cm³/mol. The third-order valence-electron chi connectivity index (χ3n) is 3.60. The number of benzene rings is 1. The van der Waals surface area contributed by atoms with Crippen molar-refractivity contribution in [3.05, 3.63) is 35.4 Å². The molecule has 4 nitrogen and oxygen atoms in total. The van der Waals surface area contributed by atoms with Gasteiger partial charge in [0.2, 0.25) is 0 Å². The van der Waals surface area contributed by atoms with E-state index < -0.39 is 0 Å². The highest BCUT2D eigenvalue weighted by Gasteiger charge is 2.14. The zero-order valence-corrected chi connectivity index (χ0v) is 15.5. The predicted octanol–water partition coefficient (Wildman–Crippen LogP) is 4.87. The van der Waals surface area contributed by atoms with Gasteiger partial charge in [0, 0.05) is 0 Å². The van der Waals surface area contributed by atoms with Crippen LogP contribution in [0.1, 0.15) is 74.6 Å². The molecule has 0 amide bonds. The van der Waals surface area contributed by atoms with E-state index in [1.54, 1.807) is 24.3 Å². The van der Waals surface area contributed by atoms with Crippen molar-refractivity contribution in [3.63, 3.8) is 0 Å². The van der Waals surface area contributed by atoms with Crippen molar-refractivity contribution in [2.75, 3.05) is 6.61 Å². The molecule has 1 rings (SSSR count). The van der Waals surface area contributed by atoms with Gasteiger partial charge in [-0.1, -0.05) is 34.1 Å². The van der Waals surface area contributed by atoms with E-state index in [0.29, 0.717) is 29.6 Å². The van der Waals surface area contributed by atoms with Gasteiger partial charge in [0.25, 0.3) is 0 Å². The summed E-state index contributed by atoms with van der Waals surface area (Å²) in [6, 6.07) is 6.41. The SMILES string of the molecule is CC(C)CCCC(C)OC(=O)c1ccc(C(=O)OCC(C)C)cc1. The van der Waals surface area contributed by atoms with E-state index in [4.69, 9.17) is 9.47 Å². The Morgan fingerprint density at radius 2 is 1.38 bits per heavy atom. The molecule has 0 aromatic heterocycles. The lowest BCUT2D eigenvalue weighted by atomic mass is 10.0. The highest BCUT2D eigenvalue weighted by atomic mass is 16.5. The van der Waals surface area contributed by atoms with E-state index in [1.165, 1.54) is 0 Å². The lowest BCUT2D eigenvalue weighted by Gasteiger charge is -2.14. The molecule has 0 N–H and O–H groups in total. The zero-order valence-electron chi connectivity index (χ0n) is 15.5. The molecule has 1 unspecified atom stereocenters. The molecule has 1 aromatic rings. The highest BCUT2D eigenvalue weighted by Crippen LogP contribution is 2.13. The second-order valence-corrected chi connectivity index (χ2v) is 7.11. The van der Waals surface area contributed by atoms with Crippen molar-refractivity contribution in [1.29, 1.82) is 0 Å². The van der Waals surface area contributed by atoms with Crippen LogP contribution >= 0.6 is 0 Å². The summed E-state index contributed by atoms with van der Waals surface area (Å²) in [7, 11) is 0. The molecule has 0 aliphatic heterocycles. The summed E-state index contributed by atoms with van der Waals surface area (Å²) in [5.74, 6) is 0.232. The fourth-order valence-electron chi connectivity index (χ4n) is 2.19. The first kappa shape index (κ1) is 20.2. The van der Waals surface area contributed by atoms with Gasteiger partial charge in [0.05, 0.1) is 23.8 Å². The first-order valence-electron chi connectivity index (χ1n) is 8.77. The van der Waals surface area contributed by atoms with Gasteiger partial charge in [-0.2, -0.15) is 0 Å². The minimum Gasteiger partial charge on any atom is -0.462 e. The topological polar surface area (TPSA) is 52.6 Å². The Hall–Kier alpha value is -1.84. The van der Waals surface area contributed by atoms with E-state index in [9.17, 15) is 9.59 Å². The summed E-state index contributed by atoms with van der Waals surface area (Å²) in [5, 5.41) is 0. The van der Waals surface area contributed by atoms with Gasteiger partial charge in [-0.3, -0.25) is 0 Å². The minimum absolute atomic E-state index is 0.105. The Labute approximate surface area is 145 Å². The van der Waals surface area contributed by atoms with E-state index in [1.807, 2.05) is 20.8 Å². The second kappa shape index (κ2) is 10.1. The maximum atomic E-state index is 12.1. The van der Waals surface area contributed by atoms with E-state index >= 15 is 0 Å². The monoisotopic (exact) mass is 334 g/mol. The number of carbonyl (C=O) groups excluding carboxylic acids is 2. The van der Waals surface area contributed by atoms with Gasteiger partial charge in [-0.25, -0.2) is 9.59 Å². The fraction of sp³-hybridized carbons (Fsp3) is 0.600. The Bertz CT molecular complexity index is 517. The van der Waals surface area contributed by atoms with Crippen LogP contribution in [0, 0.1) is 11.8 Å². The molecule has 1 aromatic carbocycles. The quantitative estimate of drug-likeness (QED) is 0.605. The smallest absolute Gasteiger partial charge is 0.338 e. The Kier molecular flexibility index (Phi) is 8.51. The lowest BCUT2D eigenvalue weighted by Crippen LogP contribution is -2.15. The van der Waals surface area contributed by atoms with Gasteiger partial charge in [-0.05, 0) is 55.9 Å². The van der Waals surface area contributed by atoms with Crippen LogP contribution in [0.3, 0.4) is 0 Å². The Morgan fingerprint density at radius 3 is 1.88 bits per heavy atom. The molecule has 0 heterocycles. The molecular formula is C20H30O4. The van der Waals surface area contributed by atoms with Gasteiger partial charge >= 0.3 is 11.9 Å². The largest absolute Gasteiger partial charge is 0.462 e. The standard InChI is InChI=1S/C20H30O4/c1-14(2)7-6-8-16(5)24-20(22)18-11-9-17(10-12-18)19(21)23-13-15(3)4/h9-12,14-16H,6-8,13H2,1-5H3. The molecule has 0 saturated carbocycles. The summed E-state index contributed by atoms with van der Waals surface area (Å²) in [6.07, 6.45) is 2.94. The van der Waals surface area contributed by atoms with Crippen LogP contribution < -0.4 is 0 Å². The molecule has 0 radical (unpaired) electrons. The van der Waals surface area contributed by atoms with Crippen LogP contribution in [0.2, 0.25) is 0 Å². The Balaban J connectivity index is 2.49. The number of carbonyl (C=O) groups is 2. The fourth-order valence-corrected chi connectivity index (χ4v) is 2.19. The van der Waals surface area contributed by atoms with Crippen molar-refractivity contribution < 1.29 is 19.1 Å². The van der Waals surface area contributed by atoms with Crippen LogP contribution in [-0.4, -0.2) is 24.6 Å². The van der Waals surface area contributed by atoms with Crippen LogP contribution in [0.5, 0.6) is 0 Å². The van der Waals surface area contributed by atoms with Crippen molar-refractivity contribution >= 4 is 11.9 Å². The van der Waals surface area contributed by atoms with E-state index in [2.05, 4.69) is 13.8 Å².